The highest BCUT2D eigenvalue weighted by Crippen LogP contribution is 2.29. The van der Waals surface area contributed by atoms with Crippen LogP contribution in [0.3, 0.4) is 0 Å². The molecule has 0 aliphatic carbocycles. The summed E-state index contributed by atoms with van der Waals surface area (Å²) in [5, 5.41) is 11.7. The summed E-state index contributed by atoms with van der Waals surface area (Å²) in [5.41, 5.74) is 0.758. The van der Waals surface area contributed by atoms with Crippen molar-refractivity contribution in [2.45, 2.75) is 29.9 Å². The van der Waals surface area contributed by atoms with Gasteiger partial charge < -0.3 is 10.1 Å². The van der Waals surface area contributed by atoms with Gasteiger partial charge in [0.05, 0.1) is 12.4 Å². The number of carbonyl (C=O) groups is 1. The Balaban J connectivity index is 1.98. The predicted octanol–water partition coefficient (Wildman–Crippen LogP) is 3.36. The van der Waals surface area contributed by atoms with Crippen LogP contribution in [0.15, 0.2) is 28.6 Å². The lowest BCUT2D eigenvalue weighted by Gasteiger charge is -2.13. The quantitative estimate of drug-likeness (QED) is 0.826. The lowest BCUT2D eigenvalue weighted by atomic mass is 10.2. The number of thioether (sulfide) groups is 1. The molecule has 1 unspecified atom stereocenters. The Kier molecular flexibility index (Phi) is 5.58. The van der Waals surface area contributed by atoms with E-state index in [1.54, 1.807) is 7.11 Å². The van der Waals surface area contributed by atoms with Gasteiger partial charge in [-0.05, 0) is 37.6 Å². The number of aryl methyl sites for hydroxylation is 1. The smallest absolute Gasteiger partial charge is 0.237 e. The van der Waals surface area contributed by atoms with Crippen LogP contribution in [0, 0.1) is 6.92 Å². The average molecular weight is 323 g/mol. The normalized spacial score (nSPS) is 12.0. The summed E-state index contributed by atoms with van der Waals surface area (Å²) in [6.45, 7) is 3.89. The minimum absolute atomic E-state index is 0.0273. The second kappa shape index (κ2) is 7.42. The Morgan fingerprint density at radius 3 is 2.62 bits per heavy atom. The number of nitrogens with zero attached hydrogens (tertiary/aromatic N) is 2. The van der Waals surface area contributed by atoms with Crippen LogP contribution in [0.4, 0.5) is 5.69 Å². The van der Waals surface area contributed by atoms with E-state index in [2.05, 4.69) is 15.5 Å². The van der Waals surface area contributed by atoms with Crippen LogP contribution in [0.25, 0.3) is 0 Å². The highest BCUT2D eigenvalue weighted by molar-refractivity contribution is 8.02. The van der Waals surface area contributed by atoms with Crippen LogP contribution in [0.5, 0.6) is 5.75 Å². The summed E-state index contributed by atoms with van der Waals surface area (Å²) < 4.78 is 5.92. The van der Waals surface area contributed by atoms with Crippen molar-refractivity contribution >= 4 is 34.7 Å². The molecule has 1 aromatic heterocycles. The molecule has 2 aromatic rings. The maximum atomic E-state index is 12.3. The molecule has 0 spiro atoms. The second-order valence-corrected chi connectivity index (χ2v) is 6.95. The van der Waals surface area contributed by atoms with E-state index >= 15 is 0 Å². The Labute approximate surface area is 132 Å². The molecule has 0 aliphatic rings. The molecule has 0 bridgehead atoms. The van der Waals surface area contributed by atoms with Crippen LogP contribution < -0.4 is 10.1 Å². The van der Waals surface area contributed by atoms with E-state index in [1.165, 1.54) is 23.1 Å². The van der Waals surface area contributed by atoms with Crippen molar-refractivity contribution in [2.75, 3.05) is 12.4 Å². The molecule has 1 amide bonds. The van der Waals surface area contributed by atoms with Gasteiger partial charge >= 0.3 is 0 Å². The minimum atomic E-state index is -0.181. The number of carbonyl (C=O) groups excluding carboxylic acids is 1. The molecule has 1 heterocycles. The highest BCUT2D eigenvalue weighted by atomic mass is 32.2. The molecule has 0 saturated heterocycles. The average Bonchev–Trinajstić information content (AvgIpc) is 2.90. The van der Waals surface area contributed by atoms with Crippen molar-refractivity contribution in [1.82, 2.24) is 10.2 Å². The lowest BCUT2D eigenvalue weighted by molar-refractivity contribution is -0.115. The number of methoxy groups -OCH3 is 1. The molecular weight excluding hydrogens is 306 g/mol. The summed E-state index contributed by atoms with van der Waals surface area (Å²) in [5.74, 6) is 0.735. The van der Waals surface area contributed by atoms with Gasteiger partial charge in [0.25, 0.3) is 0 Å². The molecule has 7 heteroatoms. The molecule has 0 fully saturated rings. The second-order valence-electron chi connectivity index (χ2n) is 4.32. The van der Waals surface area contributed by atoms with Crippen LogP contribution in [0.2, 0.25) is 0 Å². The van der Waals surface area contributed by atoms with Crippen LogP contribution in [-0.4, -0.2) is 28.5 Å². The number of ether oxygens (including phenoxy) is 1. The van der Waals surface area contributed by atoms with Gasteiger partial charge in [-0.2, -0.15) is 0 Å². The maximum Gasteiger partial charge on any atom is 0.237 e. The predicted molar refractivity (Wildman–Crippen MR) is 86.2 cm³/mol. The van der Waals surface area contributed by atoms with Gasteiger partial charge in [0.15, 0.2) is 4.34 Å². The number of anilines is 1. The van der Waals surface area contributed by atoms with Gasteiger partial charge in [0.2, 0.25) is 5.91 Å². The van der Waals surface area contributed by atoms with E-state index < -0.39 is 0 Å². The summed E-state index contributed by atoms with van der Waals surface area (Å²) in [4.78, 5) is 12.3. The zero-order chi connectivity index (χ0) is 15.2. The van der Waals surface area contributed by atoms with Gasteiger partial charge in [-0.1, -0.05) is 30.0 Å². The summed E-state index contributed by atoms with van der Waals surface area (Å²) in [6.07, 6.45) is 0.727. The third kappa shape index (κ3) is 4.44. The summed E-state index contributed by atoms with van der Waals surface area (Å²) >= 11 is 2.96. The fourth-order valence-corrected chi connectivity index (χ4v) is 3.65. The van der Waals surface area contributed by atoms with E-state index in [9.17, 15) is 4.79 Å². The molecule has 2 rings (SSSR count). The van der Waals surface area contributed by atoms with Gasteiger partial charge in [-0.25, -0.2) is 0 Å². The van der Waals surface area contributed by atoms with Gasteiger partial charge in [0, 0.05) is 5.69 Å². The number of benzene rings is 1. The van der Waals surface area contributed by atoms with E-state index in [-0.39, 0.29) is 11.2 Å². The fraction of sp³-hybridized carbons (Fsp3) is 0.357. The van der Waals surface area contributed by atoms with Gasteiger partial charge in [-0.15, -0.1) is 10.2 Å². The molecular formula is C14H17N3O2S2. The SMILES string of the molecule is CCC(Sc1nnc(C)s1)C(=O)Nc1ccc(OC)cc1. The summed E-state index contributed by atoms with van der Waals surface area (Å²) in [6, 6.07) is 7.28. The van der Waals surface area contributed by atoms with Crippen molar-refractivity contribution in [3.63, 3.8) is 0 Å². The molecule has 1 N–H and O–H groups in total. The summed E-state index contributed by atoms with van der Waals surface area (Å²) in [7, 11) is 1.61. The first kappa shape index (κ1) is 15.8. The lowest BCUT2D eigenvalue weighted by Crippen LogP contribution is -2.24. The maximum absolute atomic E-state index is 12.3. The topological polar surface area (TPSA) is 64.1 Å². The van der Waals surface area contributed by atoms with Crippen molar-refractivity contribution in [2.24, 2.45) is 0 Å². The number of nitrogens with one attached hydrogen (secondary N) is 1. The Morgan fingerprint density at radius 1 is 1.38 bits per heavy atom. The van der Waals surface area contributed by atoms with Crippen molar-refractivity contribution in [3.05, 3.63) is 29.3 Å². The van der Waals surface area contributed by atoms with E-state index in [1.807, 2.05) is 38.1 Å². The highest BCUT2D eigenvalue weighted by Gasteiger charge is 2.20. The first-order valence-electron chi connectivity index (χ1n) is 6.54. The Hall–Kier alpha value is -1.60. The van der Waals surface area contributed by atoms with Crippen LogP contribution in [-0.2, 0) is 4.79 Å². The first-order chi connectivity index (χ1) is 10.1. The van der Waals surface area contributed by atoms with Crippen molar-refractivity contribution in [3.8, 4) is 5.75 Å². The van der Waals surface area contributed by atoms with Gasteiger partial charge in [-0.3, -0.25) is 4.79 Å². The van der Waals surface area contributed by atoms with E-state index in [0.29, 0.717) is 0 Å². The standard InChI is InChI=1S/C14H17N3O2S2/c1-4-12(21-14-17-16-9(2)20-14)13(18)15-10-5-7-11(19-3)8-6-10/h5-8,12H,4H2,1-3H3,(H,15,18). The molecule has 21 heavy (non-hydrogen) atoms. The van der Waals surface area contributed by atoms with E-state index in [0.717, 1.165) is 27.2 Å². The number of rotatable bonds is 6. The van der Waals surface area contributed by atoms with Gasteiger partial charge in [0.1, 0.15) is 10.8 Å². The van der Waals surface area contributed by atoms with Crippen molar-refractivity contribution < 1.29 is 9.53 Å². The van der Waals surface area contributed by atoms with Crippen LogP contribution >= 0.6 is 23.1 Å². The number of hydrogen-bond acceptors (Lipinski definition) is 6. The molecule has 112 valence electrons. The Morgan fingerprint density at radius 2 is 2.10 bits per heavy atom. The molecule has 0 aliphatic heterocycles. The number of aromatic nitrogens is 2. The molecule has 0 radical (unpaired) electrons. The van der Waals surface area contributed by atoms with E-state index in [4.69, 9.17) is 4.74 Å². The Bertz CT molecular complexity index is 599. The number of amides is 1. The third-order valence-electron chi connectivity index (χ3n) is 2.77. The largest absolute Gasteiger partial charge is 0.497 e. The molecule has 1 atom stereocenters. The zero-order valence-corrected chi connectivity index (χ0v) is 13.8. The zero-order valence-electron chi connectivity index (χ0n) is 12.1. The fourth-order valence-electron chi connectivity index (χ4n) is 1.67. The molecule has 5 nitrogen and oxygen atoms in total. The third-order valence-corrected chi connectivity index (χ3v) is 5.06. The monoisotopic (exact) mass is 323 g/mol. The minimum Gasteiger partial charge on any atom is -0.497 e. The first-order valence-corrected chi connectivity index (χ1v) is 8.23. The van der Waals surface area contributed by atoms with Crippen LogP contribution in [0.1, 0.15) is 18.4 Å². The molecule has 1 aromatic carbocycles. The number of hydrogen-bond donors (Lipinski definition) is 1. The molecule has 0 saturated carbocycles. The van der Waals surface area contributed by atoms with Crippen molar-refractivity contribution in [1.29, 1.82) is 0 Å².